The van der Waals surface area contributed by atoms with Crippen molar-refractivity contribution in [1.82, 2.24) is 0 Å². The van der Waals surface area contributed by atoms with Crippen molar-refractivity contribution in [2.45, 2.75) is 0 Å². The maximum Gasteiger partial charge on any atom is 0.340 e. The van der Waals surface area contributed by atoms with Gasteiger partial charge in [0.25, 0.3) is 5.91 Å². The minimum Gasteiger partial charge on any atom is -0.452 e. The number of hydrogen-bond acceptors (Lipinski definition) is 3. The smallest absolute Gasteiger partial charge is 0.340 e. The SMILES string of the molecule is O=C(COC(=O)c1ccc(F)cc1Cl)Nc1c(Cl)cc(Cl)cc1Cl. The number of esters is 1. The Balaban J connectivity index is 2.00. The van der Waals surface area contributed by atoms with Crippen LogP contribution in [0.4, 0.5) is 10.1 Å². The molecule has 0 saturated carbocycles. The molecule has 0 heterocycles. The Labute approximate surface area is 156 Å². The van der Waals surface area contributed by atoms with Gasteiger partial charge in [0.1, 0.15) is 5.82 Å². The van der Waals surface area contributed by atoms with Gasteiger partial charge in [0.2, 0.25) is 0 Å². The van der Waals surface area contributed by atoms with Gasteiger partial charge in [-0.1, -0.05) is 46.4 Å². The summed E-state index contributed by atoms with van der Waals surface area (Å²) in [5.74, 6) is -2.14. The zero-order valence-electron chi connectivity index (χ0n) is 11.7. The molecule has 0 radical (unpaired) electrons. The second-order valence-electron chi connectivity index (χ2n) is 4.49. The number of carbonyl (C=O) groups is 2. The number of carbonyl (C=O) groups excluding carboxylic acids is 2. The molecule has 0 unspecified atom stereocenters. The molecular weight excluding hydrogens is 403 g/mol. The molecule has 1 amide bonds. The van der Waals surface area contributed by atoms with Gasteiger partial charge in [-0.05, 0) is 30.3 Å². The Morgan fingerprint density at radius 1 is 1.00 bits per heavy atom. The number of ether oxygens (including phenoxy) is 1. The van der Waals surface area contributed by atoms with Crippen LogP contribution >= 0.6 is 46.4 Å². The highest BCUT2D eigenvalue weighted by Gasteiger charge is 2.16. The normalized spacial score (nSPS) is 10.4. The van der Waals surface area contributed by atoms with Gasteiger partial charge in [-0.15, -0.1) is 0 Å². The van der Waals surface area contributed by atoms with Crippen molar-refractivity contribution in [3.63, 3.8) is 0 Å². The van der Waals surface area contributed by atoms with Crippen LogP contribution in [0, 0.1) is 5.82 Å². The van der Waals surface area contributed by atoms with Crippen LogP contribution in [0.3, 0.4) is 0 Å². The van der Waals surface area contributed by atoms with E-state index in [1.165, 1.54) is 12.1 Å². The van der Waals surface area contributed by atoms with Crippen LogP contribution in [0.15, 0.2) is 30.3 Å². The van der Waals surface area contributed by atoms with Crippen LogP contribution in [0.5, 0.6) is 0 Å². The molecule has 2 aromatic carbocycles. The molecule has 1 N–H and O–H groups in total. The summed E-state index contributed by atoms with van der Waals surface area (Å²) < 4.78 is 17.8. The fourth-order valence-electron chi connectivity index (χ4n) is 1.70. The summed E-state index contributed by atoms with van der Waals surface area (Å²) in [6.45, 7) is -0.609. The highest BCUT2D eigenvalue weighted by molar-refractivity contribution is 6.42. The number of amides is 1. The van der Waals surface area contributed by atoms with Crippen molar-refractivity contribution in [3.05, 3.63) is 61.8 Å². The minimum atomic E-state index is -0.872. The van der Waals surface area contributed by atoms with E-state index < -0.39 is 24.3 Å². The Morgan fingerprint density at radius 3 is 2.21 bits per heavy atom. The molecule has 0 aliphatic carbocycles. The van der Waals surface area contributed by atoms with E-state index in [0.717, 1.165) is 18.2 Å². The topological polar surface area (TPSA) is 55.4 Å². The maximum absolute atomic E-state index is 12.9. The number of anilines is 1. The highest BCUT2D eigenvalue weighted by atomic mass is 35.5. The molecule has 0 spiro atoms. The first-order valence-corrected chi connectivity index (χ1v) is 7.85. The van der Waals surface area contributed by atoms with Crippen LogP contribution in [0.2, 0.25) is 20.1 Å². The summed E-state index contributed by atoms with van der Waals surface area (Å²) in [5, 5.41) is 2.86. The van der Waals surface area contributed by atoms with Gasteiger partial charge < -0.3 is 10.1 Å². The van der Waals surface area contributed by atoms with Crippen molar-refractivity contribution in [2.75, 3.05) is 11.9 Å². The van der Waals surface area contributed by atoms with Crippen LogP contribution in [0.25, 0.3) is 0 Å². The first-order valence-electron chi connectivity index (χ1n) is 6.34. The van der Waals surface area contributed by atoms with Crippen molar-refractivity contribution in [1.29, 1.82) is 0 Å². The molecule has 9 heteroatoms. The molecule has 2 aromatic rings. The molecule has 126 valence electrons. The maximum atomic E-state index is 12.9. The first kappa shape index (κ1) is 18.8. The molecule has 0 aromatic heterocycles. The second-order valence-corrected chi connectivity index (χ2v) is 6.15. The zero-order chi connectivity index (χ0) is 17.9. The van der Waals surface area contributed by atoms with E-state index in [0.29, 0.717) is 5.02 Å². The lowest BCUT2D eigenvalue weighted by molar-refractivity contribution is -0.119. The predicted molar refractivity (Wildman–Crippen MR) is 91.8 cm³/mol. The average Bonchev–Trinajstić information content (AvgIpc) is 2.48. The third-order valence-electron chi connectivity index (χ3n) is 2.76. The third-order valence-corrected chi connectivity index (χ3v) is 3.88. The Hall–Kier alpha value is -1.53. The Bertz CT molecular complexity index is 790. The summed E-state index contributed by atoms with van der Waals surface area (Å²) in [6, 6.07) is 5.97. The van der Waals surface area contributed by atoms with Crippen LogP contribution in [0.1, 0.15) is 10.4 Å². The molecule has 0 fully saturated rings. The largest absolute Gasteiger partial charge is 0.452 e. The van der Waals surface area contributed by atoms with Crippen LogP contribution < -0.4 is 5.32 Å². The van der Waals surface area contributed by atoms with Crippen LogP contribution in [-0.2, 0) is 9.53 Å². The van der Waals surface area contributed by atoms with Gasteiger partial charge in [0.05, 0.1) is 26.3 Å². The number of hydrogen-bond donors (Lipinski definition) is 1. The molecule has 0 aliphatic heterocycles. The Kier molecular flexibility index (Phi) is 6.29. The average molecular weight is 411 g/mol. The third kappa shape index (κ3) is 4.74. The summed E-state index contributed by atoms with van der Waals surface area (Å²) in [4.78, 5) is 23.7. The molecular formula is C15H8Cl4FNO3. The van der Waals surface area contributed by atoms with E-state index in [9.17, 15) is 14.0 Å². The van der Waals surface area contributed by atoms with E-state index in [4.69, 9.17) is 51.1 Å². The molecule has 2 rings (SSSR count). The molecule has 0 aliphatic rings. The standard InChI is InChI=1S/C15H8Cl4FNO3/c16-7-3-11(18)14(12(19)4-7)21-13(22)6-24-15(23)9-2-1-8(20)5-10(9)17/h1-5H,6H2,(H,21,22). The van der Waals surface area contributed by atoms with Gasteiger partial charge in [-0.25, -0.2) is 9.18 Å². The molecule has 0 bridgehead atoms. The monoisotopic (exact) mass is 409 g/mol. The number of rotatable bonds is 4. The van der Waals surface area contributed by atoms with Gasteiger partial charge in [-0.3, -0.25) is 4.79 Å². The number of nitrogens with one attached hydrogen (secondary N) is 1. The predicted octanol–water partition coefficient (Wildman–Crippen LogP) is 5.23. The lowest BCUT2D eigenvalue weighted by atomic mass is 10.2. The van der Waals surface area contributed by atoms with Gasteiger partial charge in [0.15, 0.2) is 6.61 Å². The van der Waals surface area contributed by atoms with E-state index in [1.54, 1.807) is 0 Å². The molecule has 4 nitrogen and oxygen atoms in total. The minimum absolute atomic E-state index is 0.0616. The van der Waals surface area contributed by atoms with Crippen molar-refractivity contribution in [2.24, 2.45) is 0 Å². The summed E-state index contributed by atoms with van der Waals surface area (Å²) in [7, 11) is 0. The van der Waals surface area contributed by atoms with E-state index in [1.807, 2.05) is 0 Å². The summed E-state index contributed by atoms with van der Waals surface area (Å²) >= 11 is 23.4. The van der Waals surface area contributed by atoms with Gasteiger partial charge in [0, 0.05) is 5.02 Å². The fraction of sp³-hybridized carbons (Fsp3) is 0.0667. The lowest BCUT2D eigenvalue weighted by Crippen LogP contribution is -2.21. The van der Waals surface area contributed by atoms with Crippen LogP contribution in [-0.4, -0.2) is 18.5 Å². The van der Waals surface area contributed by atoms with Crippen molar-refractivity contribution >= 4 is 64.0 Å². The Morgan fingerprint density at radius 2 is 1.62 bits per heavy atom. The first-order chi connectivity index (χ1) is 11.3. The van der Waals surface area contributed by atoms with E-state index in [-0.39, 0.29) is 26.3 Å². The number of halogens is 5. The quantitative estimate of drug-likeness (QED) is 0.701. The summed E-state index contributed by atoms with van der Waals surface area (Å²) in [5.41, 5.74) is 0.0806. The molecule has 24 heavy (non-hydrogen) atoms. The molecule has 0 saturated heterocycles. The van der Waals surface area contributed by atoms with E-state index >= 15 is 0 Å². The van der Waals surface area contributed by atoms with E-state index in [2.05, 4.69) is 5.32 Å². The summed E-state index contributed by atoms with van der Waals surface area (Å²) in [6.07, 6.45) is 0. The zero-order valence-corrected chi connectivity index (χ0v) is 14.7. The highest BCUT2D eigenvalue weighted by Crippen LogP contribution is 2.33. The molecule has 0 atom stereocenters. The lowest BCUT2D eigenvalue weighted by Gasteiger charge is -2.10. The van der Waals surface area contributed by atoms with Crippen molar-refractivity contribution < 1.29 is 18.7 Å². The van der Waals surface area contributed by atoms with Gasteiger partial charge >= 0.3 is 5.97 Å². The fourth-order valence-corrected chi connectivity index (χ4v) is 2.86. The van der Waals surface area contributed by atoms with Crippen molar-refractivity contribution in [3.8, 4) is 0 Å². The van der Waals surface area contributed by atoms with Gasteiger partial charge in [-0.2, -0.15) is 0 Å². The number of benzene rings is 2. The second kappa shape index (κ2) is 8.03.